The Kier molecular flexibility index (Phi) is 9.53. The van der Waals surface area contributed by atoms with Crippen LogP contribution in [0.15, 0.2) is 54.6 Å². The second kappa shape index (κ2) is 11.7. The first-order valence-corrected chi connectivity index (χ1v) is 13.4. The monoisotopic (exact) mass is 507 g/mol. The molecule has 2 aromatic carbocycles. The van der Waals surface area contributed by atoms with Crippen LogP contribution in [0.2, 0.25) is 5.02 Å². The molecule has 7 nitrogen and oxygen atoms in total. The van der Waals surface area contributed by atoms with Crippen molar-refractivity contribution in [3.8, 4) is 0 Å². The number of nitrogens with one attached hydrogen (secondary N) is 1. The summed E-state index contributed by atoms with van der Waals surface area (Å²) in [6.45, 7) is 7.29. The van der Waals surface area contributed by atoms with Crippen molar-refractivity contribution in [2.24, 2.45) is 0 Å². The number of anilines is 1. The fourth-order valence-electron chi connectivity index (χ4n) is 3.59. The Balaban J connectivity index is 2.38. The van der Waals surface area contributed by atoms with E-state index < -0.39 is 34.1 Å². The summed E-state index contributed by atoms with van der Waals surface area (Å²) in [5, 5.41) is 3.30. The van der Waals surface area contributed by atoms with Crippen molar-refractivity contribution in [2.45, 2.75) is 52.1 Å². The van der Waals surface area contributed by atoms with Crippen molar-refractivity contribution in [1.82, 2.24) is 10.2 Å². The van der Waals surface area contributed by atoms with Gasteiger partial charge in [0.05, 0.1) is 11.9 Å². The lowest BCUT2D eigenvalue weighted by Gasteiger charge is -2.34. The molecule has 0 radical (unpaired) electrons. The standard InChI is InChI=1S/C25H34ClN3O4S/c1-6-22(24(31)27-25(2,3)4)28(16-15-19-11-8-7-9-12-19)23(30)18-29(34(5,32)33)21-14-10-13-20(26)17-21/h7-14,17,22H,6,15-16,18H2,1-5H3,(H,27,31)/t22-/m0/s1. The Morgan fingerprint density at radius 2 is 1.71 bits per heavy atom. The number of hydrogen-bond acceptors (Lipinski definition) is 4. The molecule has 2 aromatic rings. The average molecular weight is 508 g/mol. The predicted molar refractivity (Wildman–Crippen MR) is 137 cm³/mol. The van der Waals surface area contributed by atoms with Crippen LogP contribution in [0.4, 0.5) is 5.69 Å². The fourth-order valence-corrected chi connectivity index (χ4v) is 4.62. The Hall–Kier alpha value is -2.58. The van der Waals surface area contributed by atoms with E-state index >= 15 is 0 Å². The lowest BCUT2D eigenvalue weighted by Crippen LogP contribution is -2.56. The second-order valence-electron chi connectivity index (χ2n) is 9.24. The van der Waals surface area contributed by atoms with E-state index in [4.69, 9.17) is 11.6 Å². The topological polar surface area (TPSA) is 86.8 Å². The Bertz CT molecular complexity index is 1080. The van der Waals surface area contributed by atoms with Crippen molar-refractivity contribution in [3.63, 3.8) is 0 Å². The van der Waals surface area contributed by atoms with E-state index in [0.717, 1.165) is 16.1 Å². The van der Waals surface area contributed by atoms with Crippen LogP contribution < -0.4 is 9.62 Å². The van der Waals surface area contributed by atoms with Crippen LogP contribution in [0, 0.1) is 0 Å². The molecule has 2 amide bonds. The molecule has 0 fully saturated rings. The summed E-state index contributed by atoms with van der Waals surface area (Å²) < 4.78 is 26.2. The third kappa shape index (κ3) is 8.33. The Labute approximate surface area is 208 Å². The third-order valence-electron chi connectivity index (χ3n) is 5.14. The largest absolute Gasteiger partial charge is 0.350 e. The molecule has 1 atom stereocenters. The van der Waals surface area contributed by atoms with Gasteiger partial charge in [0.2, 0.25) is 21.8 Å². The molecule has 0 aliphatic carbocycles. The van der Waals surface area contributed by atoms with Gasteiger partial charge >= 0.3 is 0 Å². The van der Waals surface area contributed by atoms with Gasteiger partial charge in [0.25, 0.3) is 0 Å². The van der Waals surface area contributed by atoms with Crippen LogP contribution in [-0.2, 0) is 26.0 Å². The summed E-state index contributed by atoms with van der Waals surface area (Å²) in [6.07, 6.45) is 1.96. The van der Waals surface area contributed by atoms with Crippen molar-refractivity contribution in [3.05, 3.63) is 65.2 Å². The molecule has 0 unspecified atom stereocenters. The number of nitrogens with zero attached hydrogens (tertiary/aromatic N) is 2. The van der Waals surface area contributed by atoms with E-state index in [1.807, 2.05) is 58.0 Å². The zero-order valence-electron chi connectivity index (χ0n) is 20.4. The maximum Gasteiger partial charge on any atom is 0.244 e. The SMILES string of the molecule is CC[C@@H](C(=O)NC(C)(C)C)N(CCc1ccccc1)C(=O)CN(c1cccc(Cl)c1)S(C)(=O)=O. The molecule has 0 aliphatic heterocycles. The summed E-state index contributed by atoms with van der Waals surface area (Å²) >= 11 is 6.06. The van der Waals surface area contributed by atoms with Crippen LogP contribution >= 0.6 is 11.6 Å². The van der Waals surface area contributed by atoms with E-state index in [1.54, 1.807) is 18.2 Å². The van der Waals surface area contributed by atoms with Crippen LogP contribution in [0.25, 0.3) is 0 Å². The molecule has 0 heterocycles. The first-order chi connectivity index (χ1) is 15.8. The fraction of sp³-hybridized carbons (Fsp3) is 0.440. The van der Waals surface area contributed by atoms with Crippen molar-refractivity contribution in [2.75, 3.05) is 23.7 Å². The molecule has 2 rings (SSSR count). The number of sulfonamides is 1. The smallest absolute Gasteiger partial charge is 0.244 e. The number of carbonyl (C=O) groups excluding carboxylic acids is 2. The third-order valence-corrected chi connectivity index (χ3v) is 6.52. The number of carbonyl (C=O) groups is 2. The van der Waals surface area contributed by atoms with Gasteiger partial charge in [-0.05, 0) is 57.4 Å². The van der Waals surface area contributed by atoms with Gasteiger partial charge in [-0.2, -0.15) is 0 Å². The van der Waals surface area contributed by atoms with Gasteiger partial charge in [-0.1, -0.05) is 54.9 Å². The molecular weight excluding hydrogens is 474 g/mol. The molecule has 34 heavy (non-hydrogen) atoms. The van der Waals surface area contributed by atoms with E-state index in [1.165, 1.54) is 11.0 Å². The molecule has 0 bridgehead atoms. The van der Waals surface area contributed by atoms with Gasteiger partial charge < -0.3 is 10.2 Å². The quantitative estimate of drug-likeness (QED) is 0.529. The van der Waals surface area contributed by atoms with E-state index in [9.17, 15) is 18.0 Å². The van der Waals surface area contributed by atoms with Crippen molar-refractivity contribution in [1.29, 1.82) is 0 Å². The molecular formula is C25H34ClN3O4S. The van der Waals surface area contributed by atoms with Crippen LogP contribution in [0.1, 0.15) is 39.7 Å². The van der Waals surface area contributed by atoms with Gasteiger partial charge in [-0.15, -0.1) is 0 Å². The Morgan fingerprint density at radius 1 is 1.06 bits per heavy atom. The molecule has 186 valence electrons. The summed E-state index contributed by atoms with van der Waals surface area (Å²) in [5.74, 6) is -0.734. The zero-order valence-corrected chi connectivity index (χ0v) is 22.0. The minimum atomic E-state index is -3.79. The molecule has 1 N–H and O–H groups in total. The average Bonchev–Trinajstić information content (AvgIpc) is 2.73. The summed E-state index contributed by atoms with van der Waals surface area (Å²) in [4.78, 5) is 28.1. The van der Waals surface area contributed by atoms with Gasteiger partial charge in [-0.3, -0.25) is 13.9 Å². The number of benzene rings is 2. The maximum absolute atomic E-state index is 13.6. The van der Waals surface area contributed by atoms with E-state index in [0.29, 0.717) is 23.6 Å². The van der Waals surface area contributed by atoms with Gasteiger partial charge in [0, 0.05) is 17.1 Å². The predicted octanol–water partition coefficient (Wildman–Crippen LogP) is 3.87. The molecule has 0 saturated carbocycles. The highest BCUT2D eigenvalue weighted by Crippen LogP contribution is 2.22. The van der Waals surface area contributed by atoms with E-state index in [2.05, 4.69) is 5.32 Å². The summed E-state index contributed by atoms with van der Waals surface area (Å²) in [6, 6.07) is 15.2. The van der Waals surface area contributed by atoms with Crippen molar-refractivity contribution >= 4 is 39.1 Å². The first kappa shape index (κ1) is 27.7. The van der Waals surface area contributed by atoms with Crippen LogP contribution in [-0.4, -0.2) is 56.1 Å². The highest BCUT2D eigenvalue weighted by molar-refractivity contribution is 7.92. The minimum absolute atomic E-state index is 0.270. The number of amides is 2. The number of halogens is 1. The highest BCUT2D eigenvalue weighted by atomic mass is 35.5. The number of rotatable bonds is 10. The van der Waals surface area contributed by atoms with Gasteiger partial charge in [0.1, 0.15) is 12.6 Å². The van der Waals surface area contributed by atoms with Crippen LogP contribution in [0.5, 0.6) is 0 Å². The van der Waals surface area contributed by atoms with Gasteiger partial charge in [-0.25, -0.2) is 8.42 Å². The molecule has 0 aliphatic rings. The first-order valence-electron chi connectivity index (χ1n) is 11.2. The Morgan fingerprint density at radius 3 is 2.24 bits per heavy atom. The normalized spacial score (nSPS) is 12.6. The molecule has 0 aromatic heterocycles. The lowest BCUT2D eigenvalue weighted by atomic mass is 10.1. The van der Waals surface area contributed by atoms with Crippen LogP contribution in [0.3, 0.4) is 0 Å². The van der Waals surface area contributed by atoms with E-state index in [-0.39, 0.29) is 12.5 Å². The molecule has 0 spiro atoms. The van der Waals surface area contributed by atoms with Gasteiger partial charge in [0.15, 0.2) is 0 Å². The lowest BCUT2D eigenvalue weighted by molar-refractivity contribution is -0.140. The highest BCUT2D eigenvalue weighted by Gasteiger charge is 2.32. The second-order valence-corrected chi connectivity index (χ2v) is 11.6. The summed E-state index contributed by atoms with van der Waals surface area (Å²) in [5.41, 5.74) is 0.831. The minimum Gasteiger partial charge on any atom is -0.350 e. The molecule has 9 heteroatoms. The number of hydrogen-bond donors (Lipinski definition) is 1. The summed E-state index contributed by atoms with van der Waals surface area (Å²) in [7, 11) is -3.79. The zero-order chi connectivity index (χ0) is 25.5. The maximum atomic E-state index is 13.6. The van der Waals surface area contributed by atoms with Crippen molar-refractivity contribution < 1.29 is 18.0 Å². The molecule has 0 saturated heterocycles.